The smallest absolute Gasteiger partial charge is 0.231 e. The molecule has 3 rings (SSSR count). The molecule has 2 aromatic rings. The topological polar surface area (TPSA) is 42.9 Å². The van der Waals surface area contributed by atoms with Gasteiger partial charge in [-0.1, -0.05) is 17.7 Å². The van der Waals surface area contributed by atoms with Crippen molar-refractivity contribution in [2.45, 2.75) is 6.92 Å². The molecule has 0 aliphatic carbocycles. The normalized spacial score (nSPS) is 12.9. The monoisotopic (exact) mass is 366 g/mol. The summed E-state index contributed by atoms with van der Waals surface area (Å²) in [5.74, 6) is 1.45. The molecular formula is C15H12BrClN2O2. The van der Waals surface area contributed by atoms with Gasteiger partial charge in [0.05, 0.1) is 11.9 Å². The largest absolute Gasteiger partial charge is 0.454 e. The minimum absolute atomic E-state index is 0.252. The summed E-state index contributed by atoms with van der Waals surface area (Å²) in [6.07, 6.45) is 1.71. The highest BCUT2D eigenvalue weighted by Gasteiger charge is 2.15. The van der Waals surface area contributed by atoms with Gasteiger partial charge in [-0.05, 0) is 52.7 Å². The van der Waals surface area contributed by atoms with Crippen molar-refractivity contribution in [1.82, 2.24) is 0 Å². The predicted octanol–water partition coefficient (Wildman–Crippen LogP) is 4.59. The molecule has 1 N–H and O–H groups in total. The summed E-state index contributed by atoms with van der Waals surface area (Å²) in [5, 5.41) is 4.92. The van der Waals surface area contributed by atoms with Crippen LogP contribution in [0.1, 0.15) is 11.1 Å². The number of anilines is 1. The Morgan fingerprint density at radius 2 is 2.00 bits per heavy atom. The summed E-state index contributed by atoms with van der Waals surface area (Å²) < 4.78 is 11.5. The Labute approximate surface area is 135 Å². The van der Waals surface area contributed by atoms with Gasteiger partial charge in [0, 0.05) is 15.1 Å². The third-order valence-corrected chi connectivity index (χ3v) is 4.15. The van der Waals surface area contributed by atoms with E-state index in [1.165, 1.54) is 0 Å². The maximum absolute atomic E-state index is 6.07. The van der Waals surface area contributed by atoms with Gasteiger partial charge >= 0.3 is 0 Å². The van der Waals surface area contributed by atoms with Crippen molar-refractivity contribution >= 4 is 39.4 Å². The van der Waals surface area contributed by atoms with Crippen LogP contribution in [0.5, 0.6) is 11.5 Å². The lowest BCUT2D eigenvalue weighted by Crippen LogP contribution is -1.93. The summed E-state index contributed by atoms with van der Waals surface area (Å²) in [7, 11) is 0. The Morgan fingerprint density at radius 1 is 1.24 bits per heavy atom. The molecule has 0 fully saturated rings. The van der Waals surface area contributed by atoms with Crippen LogP contribution >= 0.6 is 27.5 Å². The van der Waals surface area contributed by atoms with Crippen molar-refractivity contribution in [3.63, 3.8) is 0 Å². The van der Waals surface area contributed by atoms with Crippen LogP contribution in [0.4, 0.5) is 5.69 Å². The van der Waals surface area contributed by atoms with Gasteiger partial charge in [-0.15, -0.1) is 0 Å². The molecule has 0 unspecified atom stereocenters. The first kappa shape index (κ1) is 14.2. The number of hydrogen-bond acceptors (Lipinski definition) is 4. The third-order valence-electron chi connectivity index (χ3n) is 3.06. The SMILES string of the molecule is Cc1ccc(N/N=C/c2cc3c(cc2Br)OCO3)cc1Cl. The Bertz CT molecular complexity index is 719. The second kappa shape index (κ2) is 5.95. The molecule has 1 aliphatic heterocycles. The Morgan fingerprint density at radius 3 is 2.76 bits per heavy atom. The maximum atomic E-state index is 6.07. The van der Waals surface area contributed by atoms with Crippen LogP contribution < -0.4 is 14.9 Å². The van der Waals surface area contributed by atoms with Gasteiger partial charge in [-0.25, -0.2) is 0 Å². The van der Waals surface area contributed by atoms with Gasteiger partial charge in [0.1, 0.15) is 0 Å². The van der Waals surface area contributed by atoms with Crippen LogP contribution in [-0.2, 0) is 0 Å². The van der Waals surface area contributed by atoms with E-state index in [9.17, 15) is 0 Å². The molecule has 0 spiro atoms. The lowest BCUT2D eigenvalue weighted by atomic mass is 10.2. The standard InChI is InChI=1S/C15H12BrClN2O2/c1-9-2-3-11(5-13(9)17)19-18-7-10-4-14-15(6-12(10)16)21-8-20-14/h2-7,19H,8H2,1H3/b18-7+. The van der Waals surface area contributed by atoms with Gasteiger partial charge in [-0.2, -0.15) is 5.10 Å². The van der Waals surface area contributed by atoms with Crippen molar-refractivity contribution in [3.8, 4) is 11.5 Å². The number of fused-ring (bicyclic) bond motifs is 1. The van der Waals surface area contributed by atoms with Gasteiger partial charge in [0.2, 0.25) is 6.79 Å². The van der Waals surface area contributed by atoms with Crippen LogP contribution in [0, 0.1) is 6.92 Å². The van der Waals surface area contributed by atoms with E-state index in [4.69, 9.17) is 21.1 Å². The fraction of sp³-hybridized carbons (Fsp3) is 0.133. The average molecular weight is 368 g/mol. The first-order valence-electron chi connectivity index (χ1n) is 6.28. The van der Waals surface area contributed by atoms with Crippen molar-refractivity contribution in [3.05, 3.63) is 51.0 Å². The van der Waals surface area contributed by atoms with Crippen molar-refractivity contribution < 1.29 is 9.47 Å². The van der Waals surface area contributed by atoms with Gasteiger partial charge in [0.15, 0.2) is 11.5 Å². The van der Waals surface area contributed by atoms with Crippen LogP contribution in [0.25, 0.3) is 0 Å². The zero-order chi connectivity index (χ0) is 14.8. The van der Waals surface area contributed by atoms with Crippen molar-refractivity contribution in [2.75, 3.05) is 12.2 Å². The zero-order valence-electron chi connectivity index (χ0n) is 11.2. The molecule has 0 bridgehead atoms. The number of aryl methyl sites for hydroxylation is 1. The second-order valence-corrected chi connectivity index (χ2v) is 5.82. The highest BCUT2D eigenvalue weighted by Crippen LogP contribution is 2.36. The van der Waals surface area contributed by atoms with Crippen LogP contribution in [0.3, 0.4) is 0 Å². The number of rotatable bonds is 3. The van der Waals surface area contributed by atoms with Crippen molar-refractivity contribution in [1.29, 1.82) is 0 Å². The molecule has 21 heavy (non-hydrogen) atoms. The summed E-state index contributed by atoms with van der Waals surface area (Å²) in [5.41, 5.74) is 5.71. The minimum Gasteiger partial charge on any atom is -0.454 e. The highest BCUT2D eigenvalue weighted by molar-refractivity contribution is 9.10. The van der Waals surface area contributed by atoms with E-state index in [1.807, 2.05) is 37.3 Å². The van der Waals surface area contributed by atoms with Gasteiger partial charge in [0.25, 0.3) is 0 Å². The molecule has 6 heteroatoms. The fourth-order valence-corrected chi connectivity index (χ4v) is 2.48. The van der Waals surface area contributed by atoms with E-state index in [1.54, 1.807) is 6.21 Å². The molecule has 2 aromatic carbocycles. The van der Waals surface area contributed by atoms with E-state index in [2.05, 4.69) is 26.5 Å². The van der Waals surface area contributed by atoms with Crippen LogP contribution in [0.15, 0.2) is 39.9 Å². The molecule has 1 aliphatic rings. The molecule has 4 nitrogen and oxygen atoms in total. The minimum atomic E-state index is 0.252. The Hall–Kier alpha value is -1.72. The molecular weight excluding hydrogens is 356 g/mol. The molecule has 1 heterocycles. The van der Waals surface area contributed by atoms with E-state index in [0.29, 0.717) is 5.02 Å². The molecule has 0 amide bonds. The molecule has 0 radical (unpaired) electrons. The zero-order valence-corrected chi connectivity index (χ0v) is 13.5. The quantitative estimate of drug-likeness (QED) is 0.637. The average Bonchev–Trinajstić information content (AvgIpc) is 2.90. The van der Waals surface area contributed by atoms with E-state index >= 15 is 0 Å². The molecule has 0 saturated heterocycles. The molecule has 108 valence electrons. The number of nitrogens with zero attached hydrogens (tertiary/aromatic N) is 1. The Kier molecular flexibility index (Phi) is 4.03. The molecule has 0 aromatic heterocycles. The first-order chi connectivity index (χ1) is 10.1. The fourth-order valence-electron chi connectivity index (χ4n) is 1.87. The third kappa shape index (κ3) is 3.14. The number of halogens is 2. The Balaban J connectivity index is 1.75. The number of hydrazone groups is 1. The highest BCUT2D eigenvalue weighted by atomic mass is 79.9. The number of benzene rings is 2. The predicted molar refractivity (Wildman–Crippen MR) is 87.7 cm³/mol. The summed E-state index contributed by atoms with van der Waals surface area (Å²) >= 11 is 9.55. The summed E-state index contributed by atoms with van der Waals surface area (Å²) in [6.45, 7) is 2.21. The second-order valence-electron chi connectivity index (χ2n) is 4.56. The first-order valence-corrected chi connectivity index (χ1v) is 7.45. The number of ether oxygens (including phenoxy) is 2. The van der Waals surface area contributed by atoms with Gasteiger partial charge < -0.3 is 9.47 Å². The number of nitrogens with one attached hydrogen (secondary N) is 1. The summed E-state index contributed by atoms with van der Waals surface area (Å²) in [6, 6.07) is 9.44. The van der Waals surface area contributed by atoms with Crippen molar-refractivity contribution in [2.24, 2.45) is 5.10 Å². The maximum Gasteiger partial charge on any atom is 0.231 e. The van der Waals surface area contributed by atoms with Gasteiger partial charge in [-0.3, -0.25) is 5.43 Å². The lowest BCUT2D eigenvalue weighted by Gasteiger charge is -2.04. The summed E-state index contributed by atoms with van der Waals surface area (Å²) in [4.78, 5) is 0. The van der Waals surface area contributed by atoms with E-state index in [0.717, 1.165) is 32.8 Å². The van der Waals surface area contributed by atoms with Crippen LogP contribution in [-0.4, -0.2) is 13.0 Å². The van der Waals surface area contributed by atoms with E-state index in [-0.39, 0.29) is 6.79 Å². The number of hydrogen-bond donors (Lipinski definition) is 1. The van der Waals surface area contributed by atoms with Crippen LogP contribution in [0.2, 0.25) is 5.02 Å². The van der Waals surface area contributed by atoms with E-state index < -0.39 is 0 Å². The lowest BCUT2D eigenvalue weighted by molar-refractivity contribution is 0.174. The molecule has 0 saturated carbocycles. The molecule has 0 atom stereocenters.